The Balaban J connectivity index is 3.18. The third kappa shape index (κ3) is 2.20. The molecule has 0 amide bonds. The molecule has 0 aromatic heterocycles. The summed E-state index contributed by atoms with van der Waals surface area (Å²) in [5, 5.41) is -0.911. The van der Waals surface area contributed by atoms with Gasteiger partial charge in [0.1, 0.15) is 0 Å². The topological polar surface area (TPSA) is 26.3 Å². The van der Waals surface area contributed by atoms with Crippen molar-refractivity contribution >= 4 is 16.8 Å². The van der Waals surface area contributed by atoms with E-state index in [1.165, 1.54) is 0 Å². The molecule has 1 aromatic rings. The lowest BCUT2D eigenvalue weighted by Crippen LogP contribution is -2.00. The van der Waals surface area contributed by atoms with Crippen molar-refractivity contribution in [2.24, 2.45) is 0 Å². The van der Waals surface area contributed by atoms with Crippen LogP contribution >= 0.6 is 11.6 Å². The maximum absolute atomic E-state index is 13.1. The summed E-state index contributed by atoms with van der Waals surface area (Å²) in [5.74, 6) is -2.36. The van der Waals surface area contributed by atoms with Crippen molar-refractivity contribution in [3.8, 4) is 5.75 Å². The number of benzene rings is 1. The second-order valence-electron chi connectivity index (χ2n) is 2.48. The Morgan fingerprint density at radius 3 is 2.29 bits per heavy atom. The molecule has 1 aromatic carbocycles. The predicted octanol–water partition coefficient (Wildman–Crippen LogP) is 2.74. The molecule has 0 fully saturated rings. The van der Waals surface area contributed by atoms with Gasteiger partial charge in [-0.3, -0.25) is 4.79 Å². The summed E-state index contributed by atoms with van der Waals surface area (Å²) in [6.45, 7) is 1.74. The van der Waals surface area contributed by atoms with Crippen LogP contribution < -0.4 is 4.74 Å². The number of hydrogen-bond acceptors (Lipinski definition) is 2. The fourth-order valence-electron chi connectivity index (χ4n) is 0.956. The predicted molar refractivity (Wildman–Crippen MR) is 47.7 cm³/mol. The molecule has 0 aliphatic rings. The highest BCUT2D eigenvalue weighted by molar-refractivity contribution is 6.67. The molecule has 0 saturated carbocycles. The van der Waals surface area contributed by atoms with Crippen LogP contribution in [0.25, 0.3) is 0 Å². The Hall–Kier alpha value is -1.16. The molecule has 0 aliphatic heterocycles. The van der Waals surface area contributed by atoms with Crippen LogP contribution in [0, 0.1) is 11.6 Å². The summed E-state index contributed by atoms with van der Waals surface area (Å²) in [7, 11) is 0. The van der Waals surface area contributed by atoms with Gasteiger partial charge in [-0.15, -0.1) is 0 Å². The lowest BCUT2D eigenvalue weighted by Gasteiger charge is -2.06. The van der Waals surface area contributed by atoms with Crippen LogP contribution in [-0.2, 0) is 0 Å². The van der Waals surface area contributed by atoms with Crippen molar-refractivity contribution in [3.63, 3.8) is 0 Å². The lowest BCUT2D eigenvalue weighted by atomic mass is 10.2. The maximum Gasteiger partial charge on any atom is 0.252 e. The molecule has 14 heavy (non-hydrogen) atoms. The van der Waals surface area contributed by atoms with E-state index in [9.17, 15) is 13.6 Å². The van der Waals surface area contributed by atoms with Crippen molar-refractivity contribution in [3.05, 3.63) is 29.3 Å². The Bertz CT molecular complexity index is 343. The first-order chi connectivity index (χ1) is 6.56. The summed E-state index contributed by atoms with van der Waals surface area (Å²) in [5.41, 5.74) is -0.231. The second kappa shape index (κ2) is 4.37. The van der Waals surface area contributed by atoms with E-state index in [1.807, 2.05) is 0 Å². The normalized spacial score (nSPS) is 10.0. The van der Waals surface area contributed by atoms with Crippen molar-refractivity contribution < 1.29 is 18.3 Å². The van der Waals surface area contributed by atoms with Crippen molar-refractivity contribution in [2.75, 3.05) is 6.61 Å². The summed E-state index contributed by atoms with van der Waals surface area (Å²) in [6, 6.07) is 1.67. The van der Waals surface area contributed by atoms with Gasteiger partial charge in [0.2, 0.25) is 0 Å². The highest BCUT2D eigenvalue weighted by atomic mass is 35.5. The van der Waals surface area contributed by atoms with Crippen LogP contribution in [0.2, 0.25) is 0 Å². The standard InChI is InChI=1S/C9H7ClF2O2/c1-2-14-8-6(11)3-5(9(10)13)4-7(8)12/h3-4H,2H2,1H3. The van der Waals surface area contributed by atoms with Gasteiger partial charge in [-0.2, -0.15) is 0 Å². The van der Waals surface area contributed by atoms with Gasteiger partial charge in [0.15, 0.2) is 17.4 Å². The molecule has 0 unspecified atom stereocenters. The monoisotopic (exact) mass is 220 g/mol. The van der Waals surface area contributed by atoms with E-state index < -0.39 is 22.6 Å². The van der Waals surface area contributed by atoms with E-state index >= 15 is 0 Å². The van der Waals surface area contributed by atoms with E-state index in [2.05, 4.69) is 0 Å². The van der Waals surface area contributed by atoms with Crippen LogP contribution in [0.4, 0.5) is 8.78 Å². The van der Waals surface area contributed by atoms with Crippen LogP contribution in [0.5, 0.6) is 5.75 Å². The molecule has 0 bridgehead atoms. The Kier molecular flexibility index (Phi) is 3.41. The first kappa shape index (κ1) is 10.9. The number of ether oxygens (including phenoxy) is 1. The maximum atomic E-state index is 13.1. The van der Waals surface area contributed by atoms with Gasteiger partial charge in [-0.25, -0.2) is 8.78 Å². The van der Waals surface area contributed by atoms with Crippen LogP contribution in [0.1, 0.15) is 17.3 Å². The Morgan fingerprint density at radius 1 is 1.43 bits per heavy atom. The SMILES string of the molecule is CCOc1c(F)cc(C(=O)Cl)cc1F. The van der Waals surface area contributed by atoms with Gasteiger partial charge in [0.25, 0.3) is 5.24 Å². The van der Waals surface area contributed by atoms with E-state index in [0.29, 0.717) is 0 Å². The highest BCUT2D eigenvalue weighted by Crippen LogP contribution is 2.23. The van der Waals surface area contributed by atoms with Crippen LogP contribution in [0.3, 0.4) is 0 Å². The average Bonchev–Trinajstić information content (AvgIpc) is 2.10. The fourth-order valence-corrected chi connectivity index (χ4v) is 1.06. The van der Waals surface area contributed by atoms with Gasteiger partial charge in [-0.1, -0.05) is 0 Å². The molecule has 76 valence electrons. The molecule has 0 N–H and O–H groups in total. The van der Waals surface area contributed by atoms with Gasteiger partial charge in [0.05, 0.1) is 6.61 Å². The van der Waals surface area contributed by atoms with Crippen molar-refractivity contribution in [1.29, 1.82) is 0 Å². The minimum Gasteiger partial charge on any atom is -0.488 e. The fraction of sp³-hybridized carbons (Fsp3) is 0.222. The number of hydrogen-bond donors (Lipinski definition) is 0. The number of carbonyl (C=O) groups is 1. The molecular weight excluding hydrogens is 214 g/mol. The highest BCUT2D eigenvalue weighted by Gasteiger charge is 2.14. The third-order valence-electron chi connectivity index (χ3n) is 1.51. The first-order valence-electron chi connectivity index (χ1n) is 3.88. The zero-order chi connectivity index (χ0) is 10.7. The quantitative estimate of drug-likeness (QED) is 0.733. The molecule has 0 heterocycles. The largest absolute Gasteiger partial charge is 0.488 e. The van der Waals surface area contributed by atoms with E-state index in [4.69, 9.17) is 16.3 Å². The number of halogens is 3. The van der Waals surface area contributed by atoms with Crippen molar-refractivity contribution in [1.82, 2.24) is 0 Å². The van der Waals surface area contributed by atoms with Gasteiger partial charge in [0, 0.05) is 5.56 Å². The smallest absolute Gasteiger partial charge is 0.252 e. The minimum absolute atomic E-state index is 0.141. The molecule has 0 saturated heterocycles. The molecule has 5 heteroatoms. The minimum atomic E-state index is -0.934. The summed E-state index contributed by atoms with van der Waals surface area (Å²) in [6.07, 6.45) is 0. The molecule has 0 radical (unpaired) electrons. The summed E-state index contributed by atoms with van der Waals surface area (Å²) >= 11 is 5.06. The summed E-state index contributed by atoms with van der Waals surface area (Å²) < 4.78 is 30.9. The van der Waals surface area contributed by atoms with Gasteiger partial charge in [-0.05, 0) is 30.7 Å². The van der Waals surface area contributed by atoms with Crippen LogP contribution in [0.15, 0.2) is 12.1 Å². The Morgan fingerprint density at radius 2 is 1.93 bits per heavy atom. The molecule has 0 spiro atoms. The summed E-state index contributed by atoms with van der Waals surface area (Å²) in [4.78, 5) is 10.6. The van der Waals surface area contributed by atoms with Gasteiger partial charge < -0.3 is 4.74 Å². The molecule has 1 rings (SSSR count). The zero-order valence-electron chi connectivity index (χ0n) is 7.31. The number of rotatable bonds is 3. The van der Waals surface area contributed by atoms with E-state index in [1.54, 1.807) is 6.92 Å². The molecular formula is C9H7ClF2O2. The third-order valence-corrected chi connectivity index (χ3v) is 1.73. The van der Waals surface area contributed by atoms with E-state index in [-0.39, 0.29) is 12.2 Å². The first-order valence-corrected chi connectivity index (χ1v) is 4.25. The van der Waals surface area contributed by atoms with Gasteiger partial charge >= 0.3 is 0 Å². The van der Waals surface area contributed by atoms with Crippen LogP contribution in [-0.4, -0.2) is 11.8 Å². The van der Waals surface area contributed by atoms with Crippen molar-refractivity contribution in [2.45, 2.75) is 6.92 Å². The Labute approximate surface area is 84.4 Å². The number of carbonyl (C=O) groups excluding carboxylic acids is 1. The molecule has 0 atom stereocenters. The molecule has 2 nitrogen and oxygen atoms in total. The zero-order valence-corrected chi connectivity index (χ0v) is 8.07. The van der Waals surface area contributed by atoms with E-state index in [0.717, 1.165) is 12.1 Å². The lowest BCUT2D eigenvalue weighted by molar-refractivity contribution is 0.108. The second-order valence-corrected chi connectivity index (χ2v) is 2.82. The molecule has 0 aliphatic carbocycles. The average molecular weight is 221 g/mol.